The Kier molecular flexibility index (Phi) is 3.21. The van der Waals surface area contributed by atoms with E-state index < -0.39 is 0 Å². The van der Waals surface area contributed by atoms with E-state index in [0.717, 1.165) is 30.0 Å². The third-order valence-electron chi connectivity index (χ3n) is 4.75. The summed E-state index contributed by atoms with van der Waals surface area (Å²) in [5.41, 5.74) is 8.32. The number of amides is 1. The van der Waals surface area contributed by atoms with Crippen LogP contribution >= 0.6 is 0 Å². The number of nitrogens with zero attached hydrogens (tertiary/aromatic N) is 1. The fraction of sp³-hybridized carbons (Fsp3) is 0.562. The second-order valence-corrected chi connectivity index (χ2v) is 5.97. The van der Waals surface area contributed by atoms with E-state index in [-0.39, 0.29) is 5.91 Å². The monoisotopic (exact) mass is 258 g/mol. The number of fused-ring (bicyclic) bond motifs is 1. The van der Waals surface area contributed by atoms with Crippen LogP contribution in [0.15, 0.2) is 18.2 Å². The summed E-state index contributed by atoms with van der Waals surface area (Å²) >= 11 is 0. The molecule has 2 unspecified atom stereocenters. The van der Waals surface area contributed by atoms with Crippen LogP contribution in [0.2, 0.25) is 0 Å². The topological polar surface area (TPSA) is 46.3 Å². The lowest BCUT2D eigenvalue weighted by molar-refractivity contribution is 0.0547. The SMILES string of the molecule is Cc1ccc(N)cc1C(=O)N1CCCC2CCCC21. The van der Waals surface area contributed by atoms with Gasteiger partial charge in [-0.1, -0.05) is 12.5 Å². The predicted molar refractivity (Wildman–Crippen MR) is 77.0 cm³/mol. The Balaban J connectivity index is 1.88. The van der Waals surface area contributed by atoms with Crippen LogP contribution in [0.25, 0.3) is 0 Å². The first kappa shape index (κ1) is 12.5. The Morgan fingerprint density at radius 2 is 2.05 bits per heavy atom. The number of aryl methyl sites for hydroxylation is 1. The number of rotatable bonds is 1. The number of nitrogen functional groups attached to an aromatic ring is 1. The number of benzene rings is 1. The van der Waals surface area contributed by atoms with E-state index in [9.17, 15) is 4.79 Å². The molecule has 2 aliphatic rings. The second kappa shape index (κ2) is 4.87. The van der Waals surface area contributed by atoms with Crippen LogP contribution in [0.5, 0.6) is 0 Å². The lowest BCUT2D eigenvalue weighted by Gasteiger charge is -2.38. The summed E-state index contributed by atoms with van der Waals surface area (Å²) in [6, 6.07) is 6.11. The van der Waals surface area contributed by atoms with Gasteiger partial charge in [-0.25, -0.2) is 0 Å². The first-order valence-corrected chi connectivity index (χ1v) is 7.34. The van der Waals surface area contributed by atoms with Crippen LogP contribution in [-0.2, 0) is 0 Å². The second-order valence-electron chi connectivity index (χ2n) is 5.97. The Morgan fingerprint density at radius 3 is 2.89 bits per heavy atom. The number of carbonyl (C=O) groups is 1. The highest BCUT2D eigenvalue weighted by molar-refractivity contribution is 5.96. The summed E-state index contributed by atoms with van der Waals surface area (Å²) < 4.78 is 0. The summed E-state index contributed by atoms with van der Waals surface area (Å²) in [5.74, 6) is 0.917. The van der Waals surface area contributed by atoms with E-state index in [4.69, 9.17) is 5.73 Å². The van der Waals surface area contributed by atoms with Crippen molar-refractivity contribution in [3.8, 4) is 0 Å². The Morgan fingerprint density at radius 1 is 1.26 bits per heavy atom. The van der Waals surface area contributed by atoms with Gasteiger partial charge in [0.05, 0.1) is 0 Å². The van der Waals surface area contributed by atoms with Crippen molar-refractivity contribution in [2.24, 2.45) is 5.92 Å². The van der Waals surface area contributed by atoms with Gasteiger partial charge in [0.1, 0.15) is 0 Å². The van der Waals surface area contributed by atoms with Crippen molar-refractivity contribution in [3.63, 3.8) is 0 Å². The molecule has 1 saturated carbocycles. The molecule has 3 rings (SSSR count). The van der Waals surface area contributed by atoms with E-state index in [1.807, 2.05) is 25.1 Å². The van der Waals surface area contributed by atoms with Gasteiger partial charge in [0.15, 0.2) is 0 Å². The number of anilines is 1. The third kappa shape index (κ3) is 2.22. The number of carbonyl (C=O) groups excluding carboxylic acids is 1. The minimum atomic E-state index is 0.182. The number of nitrogens with two attached hydrogens (primary N) is 1. The van der Waals surface area contributed by atoms with Gasteiger partial charge < -0.3 is 10.6 Å². The maximum Gasteiger partial charge on any atom is 0.254 e. The zero-order chi connectivity index (χ0) is 13.4. The molecule has 0 radical (unpaired) electrons. The summed E-state index contributed by atoms with van der Waals surface area (Å²) in [6.45, 7) is 2.90. The first-order valence-electron chi connectivity index (χ1n) is 7.34. The standard InChI is InChI=1S/C16H22N2O/c1-11-7-8-13(17)10-14(11)16(19)18-9-3-5-12-4-2-6-15(12)18/h7-8,10,12,15H,2-6,9,17H2,1H3. The summed E-state index contributed by atoms with van der Waals surface area (Å²) in [4.78, 5) is 14.9. The third-order valence-corrected chi connectivity index (χ3v) is 4.75. The van der Waals surface area contributed by atoms with Crippen molar-refractivity contribution in [3.05, 3.63) is 29.3 Å². The minimum absolute atomic E-state index is 0.182. The molecule has 3 nitrogen and oxygen atoms in total. The molecule has 19 heavy (non-hydrogen) atoms. The molecule has 2 N–H and O–H groups in total. The van der Waals surface area contributed by atoms with Crippen LogP contribution in [0.3, 0.4) is 0 Å². The van der Waals surface area contributed by atoms with Gasteiger partial charge in [-0.05, 0) is 56.2 Å². The maximum atomic E-state index is 12.8. The molecule has 102 valence electrons. The lowest BCUT2D eigenvalue weighted by atomic mass is 9.91. The molecule has 1 saturated heterocycles. The van der Waals surface area contributed by atoms with E-state index in [2.05, 4.69) is 4.90 Å². The lowest BCUT2D eigenvalue weighted by Crippen LogP contribution is -2.46. The molecule has 1 aliphatic carbocycles. The molecular weight excluding hydrogens is 236 g/mol. The van der Waals surface area contributed by atoms with Crippen molar-refractivity contribution in [2.75, 3.05) is 12.3 Å². The summed E-state index contributed by atoms with van der Waals surface area (Å²) in [7, 11) is 0. The normalized spacial score (nSPS) is 26.3. The van der Waals surface area contributed by atoms with Gasteiger partial charge in [0.2, 0.25) is 0 Å². The van der Waals surface area contributed by atoms with Crippen molar-refractivity contribution in [2.45, 2.75) is 45.1 Å². The van der Waals surface area contributed by atoms with E-state index in [0.29, 0.717) is 11.7 Å². The zero-order valence-corrected chi connectivity index (χ0v) is 11.6. The van der Waals surface area contributed by atoms with Gasteiger partial charge in [0, 0.05) is 23.8 Å². The van der Waals surface area contributed by atoms with Gasteiger partial charge >= 0.3 is 0 Å². The summed E-state index contributed by atoms with van der Waals surface area (Å²) in [6.07, 6.45) is 6.19. The molecule has 2 atom stereocenters. The quantitative estimate of drug-likeness (QED) is 0.787. The smallest absolute Gasteiger partial charge is 0.254 e. The Bertz CT molecular complexity index is 498. The van der Waals surface area contributed by atoms with E-state index in [1.54, 1.807) is 0 Å². The Labute approximate surface area is 114 Å². The predicted octanol–water partition coefficient (Wildman–Crippen LogP) is 2.98. The van der Waals surface area contributed by atoms with E-state index in [1.165, 1.54) is 25.7 Å². The first-order chi connectivity index (χ1) is 9.16. The van der Waals surface area contributed by atoms with E-state index >= 15 is 0 Å². The number of piperidine rings is 1. The van der Waals surface area contributed by atoms with Gasteiger partial charge in [0.25, 0.3) is 5.91 Å². The van der Waals surface area contributed by atoms with Crippen LogP contribution < -0.4 is 5.73 Å². The molecule has 0 aromatic heterocycles. The molecular formula is C16H22N2O. The average Bonchev–Trinajstić information content (AvgIpc) is 2.89. The van der Waals surface area contributed by atoms with Crippen LogP contribution in [-0.4, -0.2) is 23.4 Å². The average molecular weight is 258 g/mol. The molecule has 1 heterocycles. The molecule has 1 amide bonds. The number of hydrogen-bond donors (Lipinski definition) is 1. The van der Waals surface area contributed by atoms with Crippen LogP contribution in [0.4, 0.5) is 5.69 Å². The zero-order valence-electron chi connectivity index (χ0n) is 11.6. The van der Waals surface area contributed by atoms with Crippen molar-refractivity contribution < 1.29 is 4.79 Å². The highest BCUT2D eigenvalue weighted by atomic mass is 16.2. The molecule has 0 bridgehead atoms. The van der Waals surface area contributed by atoms with Gasteiger partial charge in [-0.2, -0.15) is 0 Å². The van der Waals surface area contributed by atoms with Gasteiger partial charge in [-0.3, -0.25) is 4.79 Å². The highest BCUT2D eigenvalue weighted by Gasteiger charge is 2.37. The largest absolute Gasteiger partial charge is 0.399 e. The highest BCUT2D eigenvalue weighted by Crippen LogP contribution is 2.37. The number of hydrogen-bond acceptors (Lipinski definition) is 2. The van der Waals surface area contributed by atoms with Crippen molar-refractivity contribution in [1.29, 1.82) is 0 Å². The van der Waals surface area contributed by atoms with Crippen LogP contribution in [0, 0.1) is 12.8 Å². The molecule has 1 aromatic carbocycles. The molecule has 2 fully saturated rings. The molecule has 3 heteroatoms. The van der Waals surface area contributed by atoms with Gasteiger partial charge in [-0.15, -0.1) is 0 Å². The molecule has 1 aromatic rings. The molecule has 0 spiro atoms. The number of likely N-dealkylation sites (tertiary alicyclic amines) is 1. The van der Waals surface area contributed by atoms with Crippen molar-refractivity contribution in [1.82, 2.24) is 4.90 Å². The van der Waals surface area contributed by atoms with Crippen molar-refractivity contribution >= 4 is 11.6 Å². The Hall–Kier alpha value is -1.51. The molecule has 1 aliphatic heterocycles. The van der Waals surface area contributed by atoms with Crippen LogP contribution in [0.1, 0.15) is 48.0 Å². The minimum Gasteiger partial charge on any atom is -0.399 e. The fourth-order valence-corrected chi connectivity index (χ4v) is 3.73. The maximum absolute atomic E-state index is 12.8. The summed E-state index contributed by atoms with van der Waals surface area (Å²) in [5, 5.41) is 0. The fourth-order valence-electron chi connectivity index (χ4n) is 3.73.